The van der Waals surface area contributed by atoms with Crippen molar-refractivity contribution >= 4 is 11.9 Å². The number of methoxy groups -OCH3 is 1. The Balaban J connectivity index is 2.24. The van der Waals surface area contributed by atoms with Crippen molar-refractivity contribution in [1.29, 1.82) is 5.26 Å². The van der Waals surface area contributed by atoms with E-state index in [1.807, 2.05) is 6.07 Å². The first-order valence-electron chi connectivity index (χ1n) is 7.55. The molecule has 122 valence electrons. The van der Waals surface area contributed by atoms with Crippen LogP contribution in [0, 0.1) is 16.7 Å². The maximum atomic E-state index is 12.7. The van der Waals surface area contributed by atoms with Gasteiger partial charge in [-0.1, -0.05) is 12.1 Å². The van der Waals surface area contributed by atoms with Crippen LogP contribution in [0.3, 0.4) is 0 Å². The third kappa shape index (κ3) is 3.51. The van der Waals surface area contributed by atoms with Crippen LogP contribution in [0.2, 0.25) is 0 Å². The number of hydrogen-bond acceptors (Lipinski definition) is 4. The second-order valence-electron chi connectivity index (χ2n) is 5.82. The van der Waals surface area contributed by atoms with Gasteiger partial charge in [0.15, 0.2) is 0 Å². The minimum Gasteiger partial charge on any atom is -0.481 e. The molecule has 1 atom stereocenters. The van der Waals surface area contributed by atoms with Crippen LogP contribution in [0.25, 0.3) is 0 Å². The van der Waals surface area contributed by atoms with Gasteiger partial charge in [-0.05, 0) is 31.4 Å². The minimum atomic E-state index is -0.981. The van der Waals surface area contributed by atoms with Crippen LogP contribution in [-0.4, -0.2) is 48.7 Å². The summed E-state index contributed by atoms with van der Waals surface area (Å²) in [7, 11) is 1.53. The number of nitriles is 1. The number of piperidine rings is 1. The standard InChI is InChI=1S/C17H20N2O4/c1-23-10-8-17(16(21)22)7-4-9-19(12-17)15(20)14-6-3-2-5-13(14)11-18/h2-3,5-6H,4,7-10,12H2,1H3,(H,21,22)/t17-/m1/s1. The average Bonchev–Trinajstić information content (AvgIpc) is 2.59. The van der Waals surface area contributed by atoms with Gasteiger partial charge in [0.25, 0.3) is 5.91 Å². The summed E-state index contributed by atoms with van der Waals surface area (Å²) in [4.78, 5) is 26.0. The number of likely N-dealkylation sites (tertiary alicyclic amines) is 1. The van der Waals surface area contributed by atoms with E-state index < -0.39 is 11.4 Å². The van der Waals surface area contributed by atoms with Crippen molar-refractivity contribution in [1.82, 2.24) is 4.90 Å². The Kier molecular flexibility index (Phi) is 5.35. The zero-order valence-electron chi connectivity index (χ0n) is 13.1. The molecule has 6 heteroatoms. The number of amides is 1. The molecule has 0 aliphatic carbocycles. The molecule has 6 nitrogen and oxygen atoms in total. The number of carboxylic acids is 1. The van der Waals surface area contributed by atoms with Crippen LogP contribution >= 0.6 is 0 Å². The molecule has 1 amide bonds. The summed E-state index contributed by atoms with van der Waals surface area (Å²) < 4.78 is 5.03. The number of ether oxygens (including phenoxy) is 1. The summed E-state index contributed by atoms with van der Waals surface area (Å²) in [5.74, 6) is -1.19. The Morgan fingerprint density at radius 1 is 1.43 bits per heavy atom. The molecule has 0 aromatic heterocycles. The van der Waals surface area contributed by atoms with Crippen molar-refractivity contribution in [2.24, 2.45) is 5.41 Å². The second kappa shape index (κ2) is 7.25. The first kappa shape index (κ1) is 17.0. The van der Waals surface area contributed by atoms with Crippen LogP contribution in [0.1, 0.15) is 35.2 Å². The van der Waals surface area contributed by atoms with Crippen molar-refractivity contribution in [2.75, 3.05) is 26.8 Å². The quantitative estimate of drug-likeness (QED) is 0.896. The minimum absolute atomic E-state index is 0.143. The fourth-order valence-electron chi connectivity index (χ4n) is 3.03. The molecular formula is C17H20N2O4. The Morgan fingerprint density at radius 2 is 2.17 bits per heavy atom. The van der Waals surface area contributed by atoms with E-state index >= 15 is 0 Å². The molecule has 0 bridgehead atoms. The molecule has 1 aliphatic heterocycles. The molecule has 23 heavy (non-hydrogen) atoms. The van der Waals surface area contributed by atoms with E-state index in [1.54, 1.807) is 29.2 Å². The zero-order valence-corrected chi connectivity index (χ0v) is 13.1. The summed E-state index contributed by atoms with van der Waals surface area (Å²) in [6.07, 6.45) is 1.51. The van der Waals surface area contributed by atoms with Crippen LogP contribution in [0.15, 0.2) is 24.3 Å². The normalized spacial score (nSPS) is 20.8. The Labute approximate surface area is 135 Å². The van der Waals surface area contributed by atoms with Crippen LogP contribution < -0.4 is 0 Å². The average molecular weight is 316 g/mol. The molecule has 2 rings (SSSR count). The lowest BCUT2D eigenvalue weighted by atomic mass is 9.77. The van der Waals surface area contributed by atoms with Gasteiger partial charge in [-0.2, -0.15) is 5.26 Å². The topological polar surface area (TPSA) is 90.6 Å². The number of carboxylic acid groups (broad SMARTS) is 1. The van der Waals surface area contributed by atoms with E-state index in [0.29, 0.717) is 43.5 Å². The van der Waals surface area contributed by atoms with Crippen LogP contribution in [0.4, 0.5) is 0 Å². The lowest BCUT2D eigenvalue weighted by Crippen LogP contribution is -2.50. The van der Waals surface area contributed by atoms with Gasteiger partial charge in [0, 0.05) is 26.8 Å². The van der Waals surface area contributed by atoms with Crippen LogP contribution in [0.5, 0.6) is 0 Å². The molecule has 0 spiro atoms. The Morgan fingerprint density at radius 3 is 2.83 bits per heavy atom. The van der Waals surface area contributed by atoms with Crippen molar-refractivity contribution in [2.45, 2.75) is 19.3 Å². The largest absolute Gasteiger partial charge is 0.481 e. The second-order valence-corrected chi connectivity index (χ2v) is 5.82. The highest BCUT2D eigenvalue weighted by Gasteiger charge is 2.43. The fraction of sp³-hybridized carbons (Fsp3) is 0.471. The van der Waals surface area contributed by atoms with Crippen molar-refractivity contribution in [3.63, 3.8) is 0 Å². The first-order valence-corrected chi connectivity index (χ1v) is 7.55. The monoisotopic (exact) mass is 316 g/mol. The van der Waals surface area contributed by atoms with Gasteiger partial charge in [0.1, 0.15) is 0 Å². The molecule has 1 aromatic rings. The maximum absolute atomic E-state index is 12.7. The van der Waals surface area contributed by atoms with Crippen LogP contribution in [-0.2, 0) is 9.53 Å². The Hall–Kier alpha value is -2.39. The van der Waals surface area contributed by atoms with Gasteiger partial charge in [-0.15, -0.1) is 0 Å². The summed E-state index contributed by atoms with van der Waals surface area (Å²) >= 11 is 0. The van der Waals surface area contributed by atoms with Gasteiger partial charge < -0.3 is 14.7 Å². The number of hydrogen-bond donors (Lipinski definition) is 1. The van der Waals surface area contributed by atoms with E-state index in [0.717, 1.165) is 0 Å². The van der Waals surface area contributed by atoms with Gasteiger partial charge in [-0.3, -0.25) is 9.59 Å². The number of benzene rings is 1. The van der Waals surface area contributed by atoms with E-state index in [9.17, 15) is 14.7 Å². The zero-order chi connectivity index (χ0) is 16.9. The van der Waals surface area contributed by atoms with E-state index in [1.165, 1.54) is 7.11 Å². The Bertz CT molecular complexity index is 638. The van der Waals surface area contributed by atoms with Crippen molar-refractivity contribution in [3.8, 4) is 6.07 Å². The molecule has 1 saturated heterocycles. The molecule has 0 radical (unpaired) electrons. The third-order valence-electron chi connectivity index (χ3n) is 4.38. The fourth-order valence-corrected chi connectivity index (χ4v) is 3.03. The highest BCUT2D eigenvalue weighted by molar-refractivity contribution is 5.97. The summed E-state index contributed by atoms with van der Waals surface area (Å²) in [6, 6.07) is 8.61. The summed E-state index contributed by atoms with van der Waals surface area (Å²) in [5.41, 5.74) is -0.352. The van der Waals surface area contributed by atoms with E-state index in [-0.39, 0.29) is 12.5 Å². The molecule has 1 aromatic carbocycles. The van der Waals surface area contributed by atoms with Gasteiger partial charge >= 0.3 is 5.97 Å². The van der Waals surface area contributed by atoms with Gasteiger partial charge in [0.05, 0.1) is 22.6 Å². The smallest absolute Gasteiger partial charge is 0.311 e. The number of carbonyl (C=O) groups is 2. The van der Waals surface area contributed by atoms with Gasteiger partial charge in [0.2, 0.25) is 0 Å². The highest BCUT2D eigenvalue weighted by Crippen LogP contribution is 2.34. The molecule has 1 aliphatic rings. The molecular weight excluding hydrogens is 296 g/mol. The highest BCUT2D eigenvalue weighted by atomic mass is 16.5. The summed E-state index contributed by atoms with van der Waals surface area (Å²) in [6.45, 7) is 0.980. The molecule has 1 N–H and O–H groups in total. The van der Waals surface area contributed by atoms with Crippen molar-refractivity contribution < 1.29 is 19.4 Å². The predicted octanol–water partition coefficient (Wildman–Crippen LogP) is 1.90. The SMILES string of the molecule is COCC[C@]1(C(=O)O)CCCN(C(=O)c2ccccc2C#N)C1. The molecule has 0 unspecified atom stereocenters. The van der Waals surface area contributed by atoms with E-state index in [2.05, 4.69) is 0 Å². The molecule has 1 fully saturated rings. The maximum Gasteiger partial charge on any atom is 0.311 e. The lowest BCUT2D eigenvalue weighted by molar-refractivity contribution is -0.153. The first-order chi connectivity index (χ1) is 11.0. The van der Waals surface area contributed by atoms with Gasteiger partial charge in [-0.25, -0.2) is 0 Å². The number of carbonyl (C=O) groups excluding carboxylic acids is 1. The summed E-state index contributed by atoms with van der Waals surface area (Å²) in [5, 5.41) is 18.8. The van der Waals surface area contributed by atoms with Crippen molar-refractivity contribution in [3.05, 3.63) is 35.4 Å². The van der Waals surface area contributed by atoms with E-state index in [4.69, 9.17) is 10.00 Å². The number of nitrogens with zero attached hydrogens (tertiary/aromatic N) is 2. The molecule has 1 heterocycles. The number of aliphatic carboxylic acids is 1. The third-order valence-corrected chi connectivity index (χ3v) is 4.38. The lowest BCUT2D eigenvalue weighted by Gasteiger charge is -2.40. The number of rotatable bonds is 5. The molecule has 0 saturated carbocycles. The predicted molar refractivity (Wildman–Crippen MR) is 82.9 cm³/mol.